The standard InChI is InChI=1S/C13H13BrFNOS/c1-8(16)10-3-2-9(15)6-12(10)17-7-13-11(14)4-5-18-13/h2-6,8H,7,16H2,1H3. The fraction of sp³-hybridized carbons (Fsp3) is 0.231. The molecule has 1 heterocycles. The van der Waals surface area contributed by atoms with Crippen LogP contribution >= 0.6 is 27.3 Å². The number of rotatable bonds is 4. The fourth-order valence-electron chi connectivity index (χ4n) is 1.58. The average molecular weight is 330 g/mol. The van der Waals surface area contributed by atoms with Crippen LogP contribution in [0.5, 0.6) is 5.75 Å². The Balaban J connectivity index is 2.18. The molecule has 0 aliphatic rings. The zero-order chi connectivity index (χ0) is 13.1. The van der Waals surface area contributed by atoms with E-state index in [4.69, 9.17) is 10.5 Å². The van der Waals surface area contributed by atoms with Crippen LogP contribution in [0.1, 0.15) is 23.4 Å². The number of hydrogen-bond acceptors (Lipinski definition) is 3. The van der Waals surface area contributed by atoms with E-state index >= 15 is 0 Å². The smallest absolute Gasteiger partial charge is 0.127 e. The normalized spacial score (nSPS) is 12.4. The van der Waals surface area contributed by atoms with Gasteiger partial charge in [0.15, 0.2) is 0 Å². The fourth-order valence-corrected chi connectivity index (χ4v) is 2.96. The van der Waals surface area contributed by atoms with E-state index in [1.54, 1.807) is 17.4 Å². The second-order valence-corrected chi connectivity index (χ2v) is 5.81. The Hall–Kier alpha value is -0.910. The van der Waals surface area contributed by atoms with E-state index in [1.807, 2.05) is 18.4 Å². The molecule has 0 fully saturated rings. The van der Waals surface area contributed by atoms with E-state index in [0.717, 1.165) is 14.9 Å². The summed E-state index contributed by atoms with van der Waals surface area (Å²) in [6, 6.07) is 6.21. The summed E-state index contributed by atoms with van der Waals surface area (Å²) in [5.74, 6) is 0.185. The van der Waals surface area contributed by atoms with Crippen molar-refractivity contribution >= 4 is 27.3 Å². The van der Waals surface area contributed by atoms with Gasteiger partial charge >= 0.3 is 0 Å². The molecule has 18 heavy (non-hydrogen) atoms. The highest BCUT2D eigenvalue weighted by Crippen LogP contribution is 2.28. The zero-order valence-electron chi connectivity index (χ0n) is 9.82. The van der Waals surface area contributed by atoms with Crippen LogP contribution in [-0.4, -0.2) is 0 Å². The van der Waals surface area contributed by atoms with Crippen LogP contribution in [0.2, 0.25) is 0 Å². The number of ether oxygens (including phenoxy) is 1. The number of halogens is 2. The van der Waals surface area contributed by atoms with Crippen LogP contribution in [0.3, 0.4) is 0 Å². The lowest BCUT2D eigenvalue weighted by molar-refractivity contribution is 0.302. The Bertz CT molecular complexity index is 542. The third-order valence-corrected chi connectivity index (χ3v) is 4.42. The van der Waals surface area contributed by atoms with E-state index in [1.165, 1.54) is 12.1 Å². The molecular formula is C13H13BrFNOS. The van der Waals surface area contributed by atoms with E-state index in [-0.39, 0.29) is 11.9 Å². The number of thiophene rings is 1. The van der Waals surface area contributed by atoms with Crippen molar-refractivity contribution in [3.05, 3.63) is 50.4 Å². The van der Waals surface area contributed by atoms with Gasteiger partial charge in [0.25, 0.3) is 0 Å². The molecule has 0 radical (unpaired) electrons. The number of hydrogen-bond donors (Lipinski definition) is 1. The minimum absolute atomic E-state index is 0.188. The average Bonchev–Trinajstić information content (AvgIpc) is 2.72. The topological polar surface area (TPSA) is 35.2 Å². The molecule has 0 spiro atoms. The molecule has 1 aromatic heterocycles. The maximum Gasteiger partial charge on any atom is 0.127 e. The molecule has 0 bridgehead atoms. The second kappa shape index (κ2) is 5.82. The maximum absolute atomic E-state index is 13.2. The van der Waals surface area contributed by atoms with Crippen molar-refractivity contribution < 1.29 is 9.13 Å². The molecule has 1 atom stereocenters. The zero-order valence-corrected chi connectivity index (χ0v) is 12.2. The SMILES string of the molecule is CC(N)c1ccc(F)cc1OCc1sccc1Br. The van der Waals surface area contributed by atoms with Crippen molar-refractivity contribution in [1.82, 2.24) is 0 Å². The van der Waals surface area contributed by atoms with Gasteiger partial charge in [-0.15, -0.1) is 11.3 Å². The van der Waals surface area contributed by atoms with Gasteiger partial charge in [-0.3, -0.25) is 0 Å². The molecule has 2 N–H and O–H groups in total. The molecule has 0 amide bonds. The Kier molecular flexibility index (Phi) is 4.37. The summed E-state index contributed by atoms with van der Waals surface area (Å²) in [6.07, 6.45) is 0. The predicted molar refractivity (Wildman–Crippen MR) is 75.4 cm³/mol. The lowest BCUT2D eigenvalue weighted by Gasteiger charge is -2.13. The number of nitrogens with two attached hydrogens (primary N) is 1. The number of benzene rings is 1. The Morgan fingerprint density at radius 1 is 1.44 bits per heavy atom. The molecule has 2 rings (SSSR count). The van der Waals surface area contributed by atoms with E-state index < -0.39 is 0 Å². The first-order valence-electron chi connectivity index (χ1n) is 5.47. The molecule has 96 valence electrons. The summed E-state index contributed by atoms with van der Waals surface area (Å²) >= 11 is 5.02. The third-order valence-electron chi connectivity index (χ3n) is 2.52. The van der Waals surface area contributed by atoms with Crippen LogP contribution in [0.25, 0.3) is 0 Å². The minimum Gasteiger partial charge on any atom is -0.488 e. The van der Waals surface area contributed by atoms with Crippen LogP contribution in [0, 0.1) is 5.82 Å². The monoisotopic (exact) mass is 329 g/mol. The Morgan fingerprint density at radius 3 is 2.83 bits per heavy atom. The lowest BCUT2D eigenvalue weighted by Crippen LogP contribution is -2.08. The highest BCUT2D eigenvalue weighted by atomic mass is 79.9. The molecule has 1 aromatic carbocycles. The molecule has 0 aliphatic carbocycles. The van der Waals surface area contributed by atoms with Crippen LogP contribution < -0.4 is 10.5 Å². The van der Waals surface area contributed by atoms with E-state index in [0.29, 0.717) is 12.4 Å². The molecule has 0 saturated heterocycles. The molecule has 1 unspecified atom stereocenters. The third kappa shape index (κ3) is 3.10. The van der Waals surface area contributed by atoms with Crippen LogP contribution in [0.4, 0.5) is 4.39 Å². The summed E-state index contributed by atoms with van der Waals surface area (Å²) in [7, 11) is 0. The molecule has 5 heteroatoms. The van der Waals surface area contributed by atoms with Crippen LogP contribution in [0.15, 0.2) is 34.1 Å². The van der Waals surface area contributed by atoms with Gasteiger partial charge < -0.3 is 10.5 Å². The molecule has 0 aliphatic heterocycles. The minimum atomic E-state index is -0.320. The lowest BCUT2D eigenvalue weighted by atomic mass is 10.1. The van der Waals surface area contributed by atoms with Crippen molar-refractivity contribution in [2.75, 3.05) is 0 Å². The van der Waals surface area contributed by atoms with Gasteiger partial charge in [0, 0.05) is 22.1 Å². The van der Waals surface area contributed by atoms with Gasteiger partial charge in [-0.1, -0.05) is 6.07 Å². The quantitative estimate of drug-likeness (QED) is 0.910. The van der Waals surface area contributed by atoms with Gasteiger partial charge in [0.2, 0.25) is 0 Å². The molecule has 2 nitrogen and oxygen atoms in total. The van der Waals surface area contributed by atoms with Crippen molar-refractivity contribution in [3.8, 4) is 5.75 Å². The van der Waals surface area contributed by atoms with Crippen molar-refractivity contribution in [3.63, 3.8) is 0 Å². The van der Waals surface area contributed by atoms with Crippen molar-refractivity contribution in [2.45, 2.75) is 19.6 Å². The summed E-state index contributed by atoms with van der Waals surface area (Å²) < 4.78 is 19.9. The summed E-state index contributed by atoms with van der Waals surface area (Å²) in [4.78, 5) is 1.06. The highest BCUT2D eigenvalue weighted by Gasteiger charge is 2.10. The largest absolute Gasteiger partial charge is 0.488 e. The second-order valence-electron chi connectivity index (χ2n) is 3.95. The molecule has 2 aromatic rings. The van der Waals surface area contributed by atoms with E-state index in [9.17, 15) is 4.39 Å². The summed E-state index contributed by atoms with van der Waals surface area (Å²) in [6.45, 7) is 2.25. The van der Waals surface area contributed by atoms with Crippen molar-refractivity contribution in [1.29, 1.82) is 0 Å². The van der Waals surface area contributed by atoms with Gasteiger partial charge in [-0.05, 0) is 40.4 Å². The molecular weight excluding hydrogens is 317 g/mol. The summed E-state index contributed by atoms with van der Waals surface area (Å²) in [5, 5.41) is 1.97. The maximum atomic E-state index is 13.2. The Morgan fingerprint density at radius 2 is 2.22 bits per heavy atom. The predicted octanol–water partition coefficient (Wildman–Crippen LogP) is 4.25. The first-order chi connectivity index (χ1) is 8.58. The summed E-state index contributed by atoms with van der Waals surface area (Å²) in [5.41, 5.74) is 6.64. The first kappa shape index (κ1) is 13.5. The molecule has 0 saturated carbocycles. The van der Waals surface area contributed by atoms with Crippen LogP contribution in [-0.2, 0) is 6.61 Å². The van der Waals surface area contributed by atoms with Gasteiger partial charge in [0.1, 0.15) is 18.2 Å². The van der Waals surface area contributed by atoms with E-state index in [2.05, 4.69) is 15.9 Å². The van der Waals surface area contributed by atoms with Crippen molar-refractivity contribution in [2.24, 2.45) is 5.73 Å². The highest BCUT2D eigenvalue weighted by molar-refractivity contribution is 9.10. The van der Waals surface area contributed by atoms with Gasteiger partial charge in [0.05, 0.1) is 4.88 Å². The first-order valence-corrected chi connectivity index (χ1v) is 7.15. The Labute approximate surface area is 118 Å². The van der Waals surface area contributed by atoms with Gasteiger partial charge in [-0.25, -0.2) is 4.39 Å². The van der Waals surface area contributed by atoms with Gasteiger partial charge in [-0.2, -0.15) is 0 Å².